The minimum Gasteiger partial charge on any atom is -0.497 e. The highest BCUT2D eigenvalue weighted by atomic mass is 19.1. The molecule has 94 valence electrons. The van der Waals surface area contributed by atoms with Crippen LogP contribution in [0, 0.1) is 5.82 Å². The molecular formula is C11H15FN2O3. The van der Waals surface area contributed by atoms with Gasteiger partial charge in [0.15, 0.2) is 0 Å². The maximum atomic E-state index is 13.1. The summed E-state index contributed by atoms with van der Waals surface area (Å²) in [5.41, 5.74) is 0.309. The lowest BCUT2D eigenvalue weighted by atomic mass is 10.3. The molecule has 0 aliphatic rings. The van der Waals surface area contributed by atoms with Crippen molar-refractivity contribution in [2.24, 2.45) is 0 Å². The number of carbonyl (C=O) groups excluding carboxylic acids is 1. The predicted octanol–water partition coefficient (Wildman–Crippen LogP) is 1.34. The van der Waals surface area contributed by atoms with Crippen molar-refractivity contribution in [3.8, 4) is 5.75 Å². The molecule has 6 heteroatoms. The Morgan fingerprint density at radius 1 is 1.47 bits per heavy atom. The van der Waals surface area contributed by atoms with E-state index in [1.807, 2.05) is 0 Å². The third kappa shape index (κ3) is 4.69. The van der Waals surface area contributed by atoms with E-state index in [4.69, 9.17) is 9.84 Å². The Morgan fingerprint density at radius 3 is 2.88 bits per heavy atom. The van der Waals surface area contributed by atoms with Crippen LogP contribution in [-0.2, 0) is 0 Å². The molecule has 0 aliphatic carbocycles. The van der Waals surface area contributed by atoms with Crippen molar-refractivity contribution >= 4 is 11.7 Å². The van der Waals surface area contributed by atoms with Crippen LogP contribution in [0.4, 0.5) is 14.9 Å². The molecule has 1 aromatic carbocycles. The Bertz CT molecular complexity index is 385. The van der Waals surface area contributed by atoms with E-state index in [0.29, 0.717) is 24.4 Å². The average Bonchev–Trinajstić information content (AvgIpc) is 2.28. The number of anilines is 1. The van der Waals surface area contributed by atoms with Crippen LogP contribution >= 0.6 is 0 Å². The highest BCUT2D eigenvalue weighted by molar-refractivity contribution is 5.89. The lowest BCUT2D eigenvalue weighted by Gasteiger charge is -2.08. The number of halogens is 1. The van der Waals surface area contributed by atoms with Crippen molar-refractivity contribution in [1.29, 1.82) is 0 Å². The molecule has 0 atom stereocenters. The van der Waals surface area contributed by atoms with E-state index in [1.165, 1.54) is 25.3 Å². The Morgan fingerprint density at radius 2 is 2.24 bits per heavy atom. The molecule has 1 aromatic rings. The Balaban J connectivity index is 2.55. The number of carbonyl (C=O) groups is 1. The first-order chi connectivity index (χ1) is 8.15. The van der Waals surface area contributed by atoms with Gasteiger partial charge in [0.05, 0.1) is 7.11 Å². The first-order valence-corrected chi connectivity index (χ1v) is 5.16. The van der Waals surface area contributed by atoms with E-state index in [-0.39, 0.29) is 6.61 Å². The fourth-order valence-electron chi connectivity index (χ4n) is 1.21. The molecule has 17 heavy (non-hydrogen) atoms. The Hall–Kier alpha value is -1.82. The van der Waals surface area contributed by atoms with Crippen molar-refractivity contribution < 1.29 is 19.0 Å². The topological polar surface area (TPSA) is 70.6 Å². The number of hydrogen-bond acceptors (Lipinski definition) is 3. The van der Waals surface area contributed by atoms with Crippen molar-refractivity contribution in [2.75, 3.05) is 25.6 Å². The molecule has 0 bridgehead atoms. The fraction of sp³-hybridized carbons (Fsp3) is 0.364. The van der Waals surface area contributed by atoms with E-state index >= 15 is 0 Å². The molecule has 0 saturated carbocycles. The summed E-state index contributed by atoms with van der Waals surface area (Å²) in [6.45, 7) is 0.364. The zero-order chi connectivity index (χ0) is 12.7. The molecule has 2 amide bonds. The molecule has 0 fully saturated rings. The summed E-state index contributed by atoms with van der Waals surface area (Å²) in [6, 6.07) is 3.46. The molecule has 0 saturated heterocycles. The summed E-state index contributed by atoms with van der Waals surface area (Å²) in [4.78, 5) is 11.3. The van der Waals surface area contributed by atoms with Gasteiger partial charge in [-0.2, -0.15) is 0 Å². The third-order valence-electron chi connectivity index (χ3n) is 1.99. The van der Waals surface area contributed by atoms with Gasteiger partial charge in [0.25, 0.3) is 0 Å². The smallest absolute Gasteiger partial charge is 0.319 e. The van der Waals surface area contributed by atoms with E-state index in [1.54, 1.807) is 0 Å². The van der Waals surface area contributed by atoms with Crippen LogP contribution in [-0.4, -0.2) is 31.4 Å². The molecular weight excluding hydrogens is 227 g/mol. The van der Waals surface area contributed by atoms with Gasteiger partial charge in [0.1, 0.15) is 11.6 Å². The molecule has 0 unspecified atom stereocenters. The number of benzene rings is 1. The molecule has 3 N–H and O–H groups in total. The van der Waals surface area contributed by atoms with E-state index in [2.05, 4.69) is 10.6 Å². The summed E-state index contributed by atoms with van der Waals surface area (Å²) in [5.74, 6) is -0.161. The van der Waals surface area contributed by atoms with Crippen LogP contribution < -0.4 is 15.4 Å². The lowest BCUT2D eigenvalue weighted by molar-refractivity contribution is 0.249. The maximum absolute atomic E-state index is 13.1. The fourth-order valence-corrected chi connectivity index (χ4v) is 1.21. The number of rotatable bonds is 5. The van der Waals surface area contributed by atoms with Gasteiger partial charge in [0, 0.05) is 31.0 Å². The lowest BCUT2D eigenvalue weighted by Crippen LogP contribution is -2.29. The zero-order valence-corrected chi connectivity index (χ0v) is 9.50. The monoisotopic (exact) mass is 242 g/mol. The minimum absolute atomic E-state index is 0.00800. The summed E-state index contributed by atoms with van der Waals surface area (Å²) in [5, 5.41) is 13.5. The summed E-state index contributed by atoms with van der Waals surface area (Å²) in [6.07, 6.45) is 0.472. The van der Waals surface area contributed by atoms with Crippen molar-refractivity contribution in [1.82, 2.24) is 5.32 Å². The average molecular weight is 242 g/mol. The van der Waals surface area contributed by atoms with Gasteiger partial charge >= 0.3 is 6.03 Å². The van der Waals surface area contributed by atoms with E-state index < -0.39 is 11.8 Å². The van der Waals surface area contributed by atoms with Crippen LogP contribution in [0.25, 0.3) is 0 Å². The highest BCUT2D eigenvalue weighted by Gasteiger charge is 2.04. The SMILES string of the molecule is COc1cc(F)cc(NC(=O)NCCCO)c1. The Kier molecular flexibility index (Phi) is 5.22. The molecule has 0 spiro atoms. The first-order valence-electron chi connectivity index (χ1n) is 5.16. The van der Waals surface area contributed by atoms with Gasteiger partial charge in [-0.3, -0.25) is 0 Å². The van der Waals surface area contributed by atoms with Crippen molar-refractivity contribution in [3.05, 3.63) is 24.0 Å². The third-order valence-corrected chi connectivity index (χ3v) is 1.99. The number of amides is 2. The standard InChI is InChI=1S/C11H15FN2O3/c1-17-10-6-8(12)5-9(7-10)14-11(16)13-3-2-4-15/h5-7,15H,2-4H2,1H3,(H2,13,14,16). The minimum atomic E-state index is -0.491. The van der Waals surface area contributed by atoms with Gasteiger partial charge in [-0.25, -0.2) is 9.18 Å². The van der Waals surface area contributed by atoms with Crippen LogP contribution in [0.3, 0.4) is 0 Å². The zero-order valence-electron chi connectivity index (χ0n) is 9.50. The largest absolute Gasteiger partial charge is 0.497 e. The first kappa shape index (κ1) is 13.2. The second-order valence-corrected chi connectivity index (χ2v) is 3.34. The van der Waals surface area contributed by atoms with E-state index in [9.17, 15) is 9.18 Å². The summed E-state index contributed by atoms with van der Waals surface area (Å²) >= 11 is 0. The number of urea groups is 1. The van der Waals surface area contributed by atoms with Gasteiger partial charge in [-0.15, -0.1) is 0 Å². The van der Waals surface area contributed by atoms with E-state index in [0.717, 1.165) is 0 Å². The van der Waals surface area contributed by atoms with Crippen LogP contribution in [0.1, 0.15) is 6.42 Å². The Labute approximate surface area is 98.6 Å². The molecule has 0 radical (unpaired) electrons. The van der Waals surface area contributed by atoms with Crippen molar-refractivity contribution in [2.45, 2.75) is 6.42 Å². The van der Waals surface area contributed by atoms with Gasteiger partial charge in [-0.05, 0) is 12.5 Å². The molecule has 0 aromatic heterocycles. The number of ether oxygens (including phenoxy) is 1. The highest BCUT2D eigenvalue weighted by Crippen LogP contribution is 2.19. The molecule has 1 rings (SSSR count). The van der Waals surface area contributed by atoms with Crippen LogP contribution in [0.5, 0.6) is 5.75 Å². The molecule has 0 heterocycles. The van der Waals surface area contributed by atoms with Crippen LogP contribution in [0.2, 0.25) is 0 Å². The number of aliphatic hydroxyl groups is 1. The van der Waals surface area contributed by atoms with Crippen molar-refractivity contribution in [3.63, 3.8) is 0 Å². The molecule has 5 nitrogen and oxygen atoms in total. The maximum Gasteiger partial charge on any atom is 0.319 e. The predicted molar refractivity (Wildman–Crippen MR) is 61.7 cm³/mol. The quantitative estimate of drug-likeness (QED) is 0.682. The van der Waals surface area contributed by atoms with Gasteiger partial charge in [-0.1, -0.05) is 0 Å². The van der Waals surface area contributed by atoms with Gasteiger partial charge < -0.3 is 20.5 Å². The summed E-state index contributed by atoms with van der Waals surface area (Å²) < 4.78 is 18.0. The number of aliphatic hydroxyl groups excluding tert-OH is 1. The van der Waals surface area contributed by atoms with Gasteiger partial charge in [0.2, 0.25) is 0 Å². The number of nitrogens with one attached hydrogen (secondary N) is 2. The second-order valence-electron chi connectivity index (χ2n) is 3.34. The number of hydrogen-bond donors (Lipinski definition) is 3. The number of methoxy groups -OCH3 is 1. The second kappa shape index (κ2) is 6.70. The molecule has 0 aliphatic heterocycles. The normalized spacial score (nSPS) is 9.82. The van der Waals surface area contributed by atoms with Crippen LogP contribution in [0.15, 0.2) is 18.2 Å². The summed E-state index contributed by atoms with van der Waals surface area (Å²) in [7, 11) is 1.42.